The largest absolute Gasteiger partial charge is 0.444 e. The number of ether oxygens (including phenoxy) is 1. The number of amides is 2. The number of pyridine rings is 1. The van der Waals surface area contributed by atoms with Crippen molar-refractivity contribution in [3.63, 3.8) is 0 Å². The van der Waals surface area contributed by atoms with E-state index in [0.29, 0.717) is 11.1 Å². The van der Waals surface area contributed by atoms with Crippen LogP contribution in [0.3, 0.4) is 0 Å². The smallest absolute Gasteiger partial charge is 0.407 e. The van der Waals surface area contributed by atoms with Gasteiger partial charge in [0.1, 0.15) is 12.1 Å². The monoisotopic (exact) mass is 678 g/mol. The Morgan fingerprint density at radius 2 is 1.81 bits per heavy atom. The molecule has 47 heavy (non-hydrogen) atoms. The number of aliphatic hydroxyl groups excluding tert-OH is 1. The molecule has 15 heteroatoms. The number of nitrogens with zero attached hydrogens (tertiary/aromatic N) is 4. The van der Waals surface area contributed by atoms with Crippen molar-refractivity contribution >= 4 is 50.5 Å². The summed E-state index contributed by atoms with van der Waals surface area (Å²) in [5.41, 5.74) is 3.30. The summed E-state index contributed by atoms with van der Waals surface area (Å²) in [6.07, 6.45) is 2.73. The highest BCUT2D eigenvalue weighted by Gasteiger charge is 2.32. The van der Waals surface area contributed by atoms with Gasteiger partial charge in [-0.1, -0.05) is 44.2 Å². The van der Waals surface area contributed by atoms with Crippen molar-refractivity contribution in [2.24, 2.45) is 5.92 Å². The molecule has 0 aliphatic rings. The average Bonchev–Trinajstić information content (AvgIpc) is 3.73. The summed E-state index contributed by atoms with van der Waals surface area (Å²) in [5.74, 6) is -0.555. The molecule has 0 saturated carbocycles. The summed E-state index contributed by atoms with van der Waals surface area (Å²) >= 11 is 1.34. The lowest BCUT2D eigenvalue weighted by molar-refractivity contribution is 0.0876. The van der Waals surface area contributed by atoms with Gasteiger partial charge < -0.3 is 19.6 Å². The SMILES string of the molecule is CC(C)CN(C[C@@H](O)[C@H](Cc1ccccc1)NC(=O)OCc1cncs1)S(=O)(=O)c1ccc2nc(NC(=O)c3ccncc3)oc2c1. The van der Waals surface area contributed by atoms with Crippen LogP contribution in [-0.2, 0) is 27.8 Å². The van der Waals surface area contributed by atoms with Gasteiger partial charge in [-0.2, -0.15) is 9.29 Å². The molecular weight excluding hydrogens is 645 g/mol. The first kappa shape index (κ1) is 33.7. The van der Waals surface area contributed by atoms with Crippen LogP contribution in [0.5, 0.6) is 0 Å². The van der Waals surface area contributed by atoms with Gasteiger partial charge >= 0.3 is 12.1 Å². The summed E-state index contributed by atoms with van der Waals surface area (Å²) < 4.78 is 40.2. The maximum absolute atomic E-state index is 14.0. The molecule has 3 aromatic heterocycles. The van der Waals surface area contributed by atoms with Gasteiger partial charge in [0, 0.05) is 43.3 Å². The Morgan fingerprint density at radius 1 is 1.04 bits per heavy atom. The highest BCUT2D eigenvalue weighted by Crippen LogP contribution is 2.26. The fraction of sp³-hybridized carbons (Fsp3) is 0.281. The number of anilines is 1. The first-order valence-electron chi connectivity index (χ1n) is 14.7. The molecule has 5 rings (SSSR count). The molecule has 0 bridgehead atoms. The molecule has 0 radical (unpaired) electrons. The maximum Gasteiger partial charge on any atom is 0.407 e. The number of carbonyl (C=O) groups excluding carboxylic acids is 2. The predicted molar refractivity (Wildman–Crippen MR) is 175 cm³/mol. The number of carbonyl (C=O) groups is 2. The summed E-state index contributed by atoms with van der Waals surface area (Å²) in [7, 11) is -4.17. The summed E-state index contributed by atoms with van der Waals surface area (Å²) in [6.45, 7) is 3.52. The van der Waals surface area contributed by atoms with E-state index >= 15 is 0 Å². The number of oxazole rings is 1. The average molecular weight is 679 g/mol. The highest BCUT2D eigenvalue weighted by atomic mass is 32.2. The second kappa shape index (κ2) is 15.3. The highest BCUT2D eigenvalue weighted by molar-refractivity contribution is 7.89. The third-order valence-electron chi connectivity index (χ3n) is 7.02. The van der Waals surface area contributed by atoms with E-state index in [-0.39, 0.29) is 48.5 Å². The van der Waals surface area contributed by atoms with E-state index in [1.54, 1.807) is 11.7 Å². The number of fused-ring (bicyclic) bond motifs is 1. The third kappa shape index (κ3) is 8.98. The molecule has 2 atom stereocenters. The molecule has 2 aromatic carbocycles. The number of benzene rings is 2. The number of sulfonamides is 1. The van der Waals surface area contributed by atoms with Crippen LogP contribution < -0.4 is 10.6 Å². The minimum atomic E-state index is -4.17. The zero-order chi connectivity index (χ0) is 33.4. The molecule has 0 saturated heterocycles. The van der Waals surface area contributed by atoms with Crippen molar-refractivity contribution in [3.8, 4) is 0 Å². The molecule has 0 unspecified atom stereocenters. The lowest BCUT2D eigenvalue weighted by Gasteiger charge is -2.30. The minimum absolute atomic E-state index is 0.0117. The van der Waals surface area contributed by atoms with Crippen LogP contribution in [0.25, 0.3) is 11.1 Å². The number of thiazole rings is 1. The van der Waals surface area contributed by atoms with Crippen LogP contribution in [0.2, 0.25) is 0 Å². The van der Waals surface area contributed by atoms with Crippen molar-refractivity contribution in [2.45, 2.75) is 43.9 Å². The number of alkyl carbamates (subject to hydrolysis) is 1. The van der Waals surface area contributed by atoms with Gasteiger partial charge in [-0.05, 0) is 42.2 Å². The van der Waals surface area contributed by atoms with E-state index in [4.69, 9.17) is 9.15 Å². The lowest BCUT2D eigenvalue weighted by Crippen LogP contribution is -2.51. The second-order valence-corrected chi connectivity index (χ2v) is 14.0. The van der Waals surface area contributed by atoms with E-state index in [2.05, 4.69) is 25.6 Å². The second-order valence-electron chi connectivity index (χ2n) is 11.1. The number of hydrogen-bond donors (Lipinski definition) is 3. The van der Waals surface area contributed by atoms with Crippen LogP contribution in [0.15, 0.2) is 94.1 Å². The molecule has 2 amide bonds. The van der Waals surface area contributed by atoms with Crippen molar-refractivity contribution in [2.75, 3.05) is 18.4 Å². The Balaban J connectivity index is 1.34. The first-order valence-corrected chi connectivity index (χ1v) is 17.0. The number of rotatable bonds is 14. The number of aliphatic hydroxyl groups is 1. The van der Waals surface area contributed by atoms with Crippen molar-refractivity contribution < 1.29 is 32.3 Å². The Hall–Kier alpha value is -4.70. The van der Waals surface area contributed by atoms with Crippen molar-refractivity contribution in [3.05, 3.63) is 101 Å². The van der Waals surface area contributed by atoms with Gasteiger partial charge in [-0.25, -0.2) is 13.2 Å². The molecule has 13 nitrogen and oxygen atoms in total. The van der Waals surface area contributed by atoms with Crippen LogP contribution in [0.4, 0.5) is 10.8 Å². The molecule has 0 fully saturated rings. The van der Waals surface area contributed by atoms with Crippen molar-refractivity contribution in [1.29, 1.82) is 0 Å². The van der Waals surface area contributed by atoms with Crippen LogP contribution >= 0.6 is 11.3 Å². The predicted octanol–water partition coefficient (Wildman–Crippen LogP) is 4.48. The van der Waals surface area contributed by atoms with E-state index in [1.165, 1.54) is 58.4 Å². The lowest BCUT2D eigenvalue weighted by atomic mass is 10.0. The van der Waals surface area contributed by atoms with Gasteiger partial charge in [-0.3, -0.25) is 20.1 Å². The first-order chi connectivity index (χ1) is 22.6. The van der Waals surface area contributed by atoms with Gasteiger partial charge in [0.05, 0.1) is 27.4 Å². The van der Waals surface area contributed by atoms with Crippen molar-refractivity contribution in [1.82, 2.24) is 24.6 Å². The van der Waals surface area contributed by atoms with E-state index in [0.717, 1.165) is 10.4 Å². The van der Waals surface area contributed by atoms with Crippen LogP contribution in [0, 0.1) is 5.92 Å². The molecule has 0 aliphatic carbocycles. The van der Waals surface area contributed by atoms with Crippen LogP contribution in [-0.4, -0.2) is 70.0 Å². The molecular formula is C32H34N6O7S2. The van der Waals surface area contributed by atoms with E-state index in [9.17, 15) is 23.1 Å². The summed E-state index contributed by atoms with van der Waals surface area (Å²) in [6, 6.07) is 15.5. The Labute approximate surface area is 275 Å². The van der Waals surface area contributed by atoms with E-state index in [1.807, 2.05) is 44.2 Å². The zero-order valence-electron chi connectivity index (χ0n) is 25.6. The third-order valence-corrected chi connectivity index (χ3v) is 9.60. The maximum atomic E-state index is 14.0. The van der Waals surface area contributed by atoms with Crippen LogP contribution in [0.1, 0.15) is 34.6 Å². The topological polar surface area (TPSA) is 177 Å². The molecule has 3 heterocycles. The number of hydrogen-bond acceptors (Lipinski definition) is 11. The van der Waals surface area contributed by atoms with Gasteiger partial charge in [-0.15, -0.1) is 11.3 Å². The summed E-state index contributed by atoms with van der Waals surface area (Å²) in [5, 5.41) is 16.7. The normalized spacial score (nSPS) is 13.0. The molecule has 0 aliphatic heterocycles. The Bertz CT molecular complexity index is 1890. The number of aromatic nitrogens is 3. The quantitative estimate of drug-likeness (QED) is 0.152. The molecule has 3 N–H and O–H groups in total. The standard InChI is InChI=1S/C32H34N6O7S2/c1-21(2)17-38(18-28(39)27(14-22-6-4-3-5-7-22)36-32(41)44-19-24-16-34-20-46-24)47(42,43)25-8-9-26-29(15-25)45-31(35-26)37-30(40)23-10-12-33-13-11-23/h3-13,15-16,20-21,27-28,39H,14,17-19H2,1-2H3,(H,36,41)(H,35,37,40)/t27-,28+/m0/s1. The van der Waals surface area contributed by atoms with E-state index < -0.39 is 34.2 Å². The Kier molecular flexibility index (Phi) is 10.9. The fourth-order valence-corrected chi connectivity index (χ4v) is 6.89. The minimum Gasteiger partial charge on any atom is -0.444 e. The van der Waals surface area contributed by atoms with Gasteiger partial charge in [0.15, 0.2) is 5.58 Å². The molecule has 246 valence electrons. The Morgan fingerprint density at radius 3 is 2.51 bits per heavy atom. The number of nitrogens with one attached hydrogen (secondary N) is 2. The molecule has 0 spiro atoms. The molecule has 5 aromatic rings. The summed E-state index contributed by atoms with van der Waals surface area (Å²) in [4.78, 5) is 38.1. The van der Waals surface area contributed by atoms with Gasteiger partial charge in [0.25, 0.3) is 5.91 Å². The fourth-order valence-electron chi connectivity index (χ4n) is 4.75. The van der Waals surface area contributed by atoms with Gasteiger partial charge in [0.2, 0.25) is 10.0 Å². The zero-order valence-corrected chi connectivity index (χ0v) is 27.3.